The van der Waals surface area contributed by atoms with Crippen LogP contribution in [0.1, 0.15) is 39.2 Å². The minimum atomic E-state index is -1.21. The molecule has 2 rings (SSSR count). The van der Waals surface area contributed by atoms with Gasteiger partial charge in [0, 0.05) is 13.1 Å². The number of likely N-dealkylation sites (tertiary alicyclic amines) is 1. The number of nitrogens with one attached hydrogen (secondary N) is 1. The van der Waals surface area contributed by atoms with Crippen LogP contribution in [0, 0.1) is 0 Å². The van der Waals surface area contributed by atoms with Crippen molar-refractivity contribution in [2.45, 2.75) is 58.0 Å². The predicted molar refractivity (Wildman–Crippen MR) is 108 cm³/mol. The molecule has 0 unspecified atom stereocenters. The van der Waals surface area contributed by atoms with E-state index in [0.29, 0.717) is 25.9 Å². The van der Waals surface area contributed by atoms with Crippen LogP contribution in [0.2, 0.25) is 0 Å². The van der Waals surface area contributed by atoms with Gasteiger partial charge in [-0.1, -0.05) is 30.3 Å². The number of hydrogen-bond donors (Lipinski definition) is 2. The summed E-state index contributed by atoms with van der Waals surface area (Å²) in [6.45, 7) is 6.02. The van der Waals surface area contributed by atoms with Gasteiger partial charge in [0.1, 0.15) is 12.2 Å². The summed E-state index contributed by atoms with van der Waals surface area (Å²) >= 11 is 0. The fourth-order valence-corrected chi connectivity index (χ4v) is 2.87. The third-order valence-electron chi connectivity index (χ3n) is 4.39. The molecule has 2 amide bonds. The highest BCUT2D eigenvalue weighted by Crippen LogP contribution is 2.16. The molecule has 166 valence electrons. The monoisotopic (exact) mass is 422 g/mol. The normalized spacial score (nSPS) is 15.9. The summed E-state index contributed by atoms with van der Waals surface area (Å²) in [6.07, 6.45) is -0.287. The second kappa shape index (κ2) is 10.8. The van der Waals surface area contributed by atoms with Crippen molar-refractivity contribution in [3.8, 4) is 0 Å². The molecule has 1 aromatic rings. The number of nitrogens with zero attached hydrogens (tertiary/aromatic N) is 1. The summed E-state index contributed by atoms with van der Waals surface area (Å²) < 4.78 is 16.1. The zero-order chi connectivity index (χ0) is 22.1. The Balaban J connectivity index is 1.71. The van der Waals surface area contributed by atoms with Crippen molar-refractivity contribution < 1.29 is 33.7 Å². The molecule has 1 aliphatic rings. The quantitative estimate of drug-likeness (QED) is 0.694. The van der Waals surface area contributed by atoms with Crippen molar-refractivity contribution in [3.63, 3.8) is 0 Å². The lowest BCUT2D eigenvalue weighted by Gasteiger charge is -2.31. The summed E-state index contributed by atoms with van der Waals surface area (Å²) in [5, 5.41) is 11.6. The van der Waals surface area contributed by atoms with Gasteiger partial charge in [-0.3, -0.25) is 0 Å². The Hall–Kier alpha value is -2.81. The standard InChI is InChI=1S/C21H30N2O7/c1-21(2,3)30-19(26)22-17(18(24)25)14-28-16-9-11-23(12-10-16)20(27)29-13-15-7-5-4-6-8-15/h4-8,16-17H,9-14H2,1-3H3,(H,22,26)(H,24,25)/t17-/m1/s1. The lowest BCUT2D eigenvalue weighted by molar-refractivity contribution is -0.142. The van der Waals surface area contributed by atoms with Crippen molar-refractivity contribution in [1.82, 2.24) is 10.2 Å². The molecule has 1 fully saturated rings. The highest BCUT2D eigenvalue weighted by molar-refractivity contribution is 5.80. The lowest BCUT2D eigenvalue weighted by atomic mass is 10.1. The van der Waals surface area contributed by atoms with Gasteiger partial charge in [0.05, 0.1) is 12.7 Å². The Kier molecular flexibility index (Phi) is 8.46. The van der Waals surface area contributed by atoms with Crippen molar-refractivity contribution in [3.05, 3.63) is 35.9 Å². The third-order valence-corrected chi connectivity index (χ3v) is 4.39. The fourth-order valence-electron chi connectivity index (χ4n) is 2.87. The number of alkyl carbamates (subject to hydrolysis) is 1. The predicted octanol–water partition coefficient (Wildman–Crippen LogP) is 2.78. The SMILES string of the molecule is CC(C)(C)OC(=O)N[C@H](COC1CCN(C(=O)OCc2ccccc2)CC1)C(=O)O. The number of amides is 2. The number of hydrogen-bond acceptors (Lipinski definition) is 6. The van der Waals surface area contributed by atoms with Gasteiger partial charge in [0.25, 0.3) is 0 Å². The molecular weight excluding hydrogens is 392 g/mol. The molecule has 0 spiro atoms. The summed E-state index contributed by atoms with van der Waals surface area (Å²) in [6, 6.07) is 8.22. The maximum absolute atomic E-state index is 12.2. The Morgan fingerprint density at radius 2 is 1.80 bits per heavy atom. The number of benzene rings is 1. The van der Waals surface area contributed by atoms with Gasteiger partial charge in [0.15, 0.2) is 6.04 Å². The Morgan fingerprint density at radius 3 is 2.37 bits per heavy atom. The fraction of sp³-hybridized carbons (Fsp3) is 0.571. The van der Waals surface area contributed by atoms with Crippen LogP contribution in [0.5, 0.6) is 0 Å². The molecule has 1 aromatic carbocycles. The largest absolute Gasteiger partial charge is 0.480 e. The first-order valence-electron chi connectivity index (χ1n) is 9.93. The molecule has 9 heteroatoms. The van der Waals surface area contributed by atoms with E-state index in [0.717, 1.165) is 5.56 Å². The van der Waals surface area contributed by atoms with Crippen LogP contribution in [-0.2, 0) is 25.6 Å². The second-order valence-electron chi connectivity index (χ2n) is 8.10. The highest BCUT2D eigenvalue weighted by Gasteiger charge is 2.28. The van der Waals surface area contributed by atoms with Gasteiger partial charge in [-0.25, -0.2) is 14.4 Å². The second-order valence-corrected chi connectivity index (χ2v) is 8.10. The zero-order valence-corrected chi connectivity index (χ0v) is 17.6. The van der Waals surface area contributed by atoms with E-state index in [-0.39, 0.29) is 25.4 Å². The minimum absolute atomic E-state index is 0.183. The molecule has 1 heterocycles. The molecule has 0 saturated carbocycles. The number of carboxylic acids is 1. The Labute approximate surface area is 176 Å². The molecule has 0 bridgehead atoms. The number of carbonyl (C=O) groups excluding carboxylic acids is 2. The Bertz CT molecular complexity index is 710. The maximum atomic E-state index is 12.2. The van der Waals surface area contributed by atoms with E-state index in [1.54, 1.807) is 25.7 Å². The lowest BCUT2D eigenvalue weighted by Crippen LogP contribution is -2.47. The van der Waals surface area contributed by atoms with Crippen molar-refractivity contribution in [2.75, 3.05) is 19.7 Å². The number of carbonyl (C=O) groups is 3. The average Bonchev–Trinajstić information content (AvgIpc) is 2.69. The number of rotatable bonds is 7. The molecule has 1 atom stereocenters. The molecule has 0 aliphatic carbocycles. The van der Waals surface area contributed by atoms with Gasteiger partial charge in [-0.05, 0) is 39.2 Å². The molecule has 2 N–H and O–H groups in total. The van der Waals surface area contributed by atoms with Gasteiger partial charge >= 0.3 is 18.2 Å². The molecule has 30 heavy (non-hydrogen) atoms. The van der Waals surface area contributed by atoms with Crippen LogP contribution in [0.25, 0.3) is 0 Å². The number of ether oxygens (including phenoxy) is 3. The summed E-state index contributed by atoms with van der Waals surface area (Å²) in [7, 11) is 0. The number of aliphatic carboxylic acids is 1. The van der Waals surface area contributed by atoms with E-state index in [1.165, 1.54) is 0 Å². The van der Waals surface area contributed by atoms with Gasteiger partial charge in [0.2, 0.25) is 0 Å². The van der Waals surface area contributed by atoms with Gasteiger partial charge in [-0.2, -0.15) is 0 Å². The van der Waals surface area contributed by atoms with Crippen LogP contribution < -0.4 is 5.32 Å². The molecular formula is C21H30N2O7. The van der Waals surface area contributed by atoms with Crippen LogP contribution in [0.3, 0.4) is 0 Å². The van der Waals surface area contributed by atoms with Crippen molar-refractivity contribution >= 4 is 18.2 Å². The van der Waals surface area contributed by atoms with E-state index in [4.69, 9.17) is 14.2 Å². The molecule has 0 aromatic heterocycles. The van der Waals surface area contributed by atoms with E-state index in [1.807, 2.05) is 30.3 Å². The van der Waals surface area contributed by atoms with Gasteiger partial charge in [-0.15, -0.1) is 0 Å². The number of piperidine rings is 1. The maximum Gasteiger partial charge on any atom is 0.410 e. The molecule has 0 radical (unpaired) electrons. The van der Waals surface area contributed by atoms with Crippen LogP contribution in [0.4, 0.5) is 9.59 Å². The smallest absolute Gasteiger partial charge is 0.410 e. The van der Waals surface area contributed by atoms with Crippen LogP contribution in [0.15, 0.2) is 30.3 Å². The first kappa shape index (κ1) is 23.5. The minimum Gasteiger partial charge on any atom is -0.480 e. The zero-order valence-electron chi connectivity index (χ0n) is 17.6. The van der Waals surface area contributed by atoms with E-state index >= 15 is 0 Å². The van der Waals surface area contributed by atoms with Gasteiger partial charge < -0.3 is 29.5 Å². The number of carboxylic acid groups (broad SMARTS) is 1. The summed E-state index contributed by atoms with van der Waals surface area (Å²) in [5.41, 5.74) is 0.192. The van der Waals surface area contributed by atoms with E-state index in [9.17, 15) is 19.5 Å². The summed E-state index contributed by atoms with van der Waals surface area (Å²) in [4.78, 5) is 37.0. The third kappa shape index (κ3) is 8.28. The topological polar surface area (TPSA) is 114 Å². The van der Waals surface area contributed by atoms with Crippen LogP contribution in [-0.4, -0.2) is 65.6 Å². The first-order chi connectivity index (χ1) is 14.1. The Morgan fingerprint density at radius 1 is 1.17 bits per heavy atom. The van der Waals surface area contributed by atoms with Crippen LogP contribution >= 0.6 is 0 Å². The van der Waals surface area contributed by atoms with E-state index in [2.05, 4.69) is 5.32 Å². The highest BCUT2D eigenvalue weighted by atomic mass is 16.6. The first-order valence-corrected chi connectivity index (χ1v) is 9.93. The average molecular weight is 422 g/mol. The van der Waals surface area contributed by atoms with E-state index < -0.39 is 23.7 Å². The molecule has 9 nitrogen and oxygen atoms in total. The molecule has 1 saturated heterocycles. The van der Waals surface area contributed by atoms with Crippen molar-refractivity contribution in [1.29, 1.82) is 0 Å². The summed E-state index contributed by atoms with van der Waals surface area (Å²) in [5.74, 6) is -1.21. The van der Waals surface area contributed by atoms with Crippen molar-refractivity contribution in [2.24, 2.45) is 0 Å². The molecule has 1 aliphatic heterocycles.